The highest BCUT2D eigenvalue weighted by Crippen LogP contribution is 2.13. The molecule has 0 saturated carbocycles. The molecule has 74 valence electrons. The van der Waals surface area contributed by atoms with Crippen molar-refractivity contribution in [3.8, 4) is 6.07 Å². The minimum absolute atomic E-state index is 0.391. The first-order valence-electron chi connectivity index (χ1n) is 4.56. The maximum absolute atomic E-state index is 11.8. The maximum atomic E-state index is 11.8. The molecule has 0 fully saturated rings. The molecule has 0 saturated heterocycles. The van der Waals surface area contributed by atoms with Crippen molar-refractivity contribution in [3.63, 3.8) is 0 Å². The summed E-state index contributed by atoms with van der Waals surface area (Å²) in [5.41, 5.74) is 1.13. The van der Waals surface area contributed by atoms with Crippen molar-refractivity contribution in [2.24, 2.45) is 0 Å². The summed E-state index contributed by atoms with van der Waals surface area (Å²) in [6.07, 6.45) is 0.622. The third-order valence-corrected chi connectivity index (χ3v) is 3.72. The summed E-state index contributed by atoms with van der Waals surface area (Å²) in [5, 5.41) is 8.38. The summed E-state index contributed by atoms with van der Waals surface area (Å²) in [6, 6.07) is 9.54. The molecule has 0 bridgehead atoms. The fourth-order valence-corrected chi connectivity index (χ4v) is 2.26. The predicted octanol–water partition coefficient (Wildman–Crippen LogP) is 2.40. The van der Waals surface area contributed by atoms with Gasteiger partial charge in [0.2, 0.25) is 0 Å². The lowest BCUT2D eigenvalue weighted by atomic mass is 10.2. The minimum Gasteiger partial charge on any atom is -0.253 e. The van der Waals surface area contributed by atoms with Crippen LogP contribution >= 0.6 is 0 Å². The van der Waals surface area contributed by atoms with Gasteiger partial charge in [0.05, 0.1) is 16.9 Å². The van der Waals surface area contributed by atoms with Gasteiger partial charge in [0, 0.05) is 4.90 Å². The molecule has 0 heterocycles. The van der Waals surface area contributed by atoms with E-state index in [2.05, 4.69) is 6.07 Å². The summed E-state index contributed by atoms with van der Waals surface area (Å²) in [5.74, 6) is 0. The van der Waals surface area contributed by atoms with E-state index in [9.17, 15) is 4.21 Å². The number of benzene rings is 1. The molecular formula is C11H13NOS. The van der Waals surface area contributed by atoms with E-state index in [-0.39, 0.29) is 0 Å². The van der Waals surface area contributed by atoms with Crippen LogP contribution in [0.25, 0.3) is 0 Å². The number of hydrogen-bond acceptors (Lipinski definition) is 2. The van der Waals surface area contributed by atoms with Gasteiger partial charge in [-0.25, -0.2) is 0 Å². The average Bonchev–Trinajstić information content (AvgIpc) is 2.20. The number of nitrogens with zero attached hydrogens (tertiary/aromatic N) is 1. The van der Waals surface area contributed by atoms with E-state index in [4.69, 9.17) is 5.26 Å². The zero-order chi connectivity index (χ0) is 10.6. The second-order valence-electron chi connectivity index (χ2n) is 3.14. The molecule has 0 aliphatic heterocycles. The Balaban J connectivity index is 2.90. The van der Waals surface area contributed by atoms with E-state index in [1.54, 1.807) is 0 Å². The second kappa shape index (κ2) is 4.92. The van der Waals surface area contributed by atoms with Crippen LogP contribution in [0, 0.1) is 18.3 Å². The first-order chi connectivity index (χ1) is 6.69. The van der Waals surface area contributed by atoms with Gasteiger partial charge < -0.3 is 0 Å². The van der Waals surface area contributed by atoms with E-state index >= 15 is 0 Å². The largest absolute Gasteiger partial charge is 0.253 e. The van der Waals surface area contributed by atoms with Crippen LogP contribution in [0.5, 0.6) is 0 Å². The van der Waals surface area contributed by atoms with Crippen molar-refractivity contribution in [1.82, 2.24) is 0 Å². The van der Waals surface area contributed by atoms with Gasteiger partial charge in [-0.05, 0) is 25.5 Å². The molecule has 2 atom stereocenters. The molecule has 0 spiro atoms. The van der Waals surface area contributed by atoms with Crippen molar-refractivity contribution in [2.45, 2.75) is 30.4 Å². The van der Waals surface area contributed by atoms with Gasteiger partial charge in [-0.1, -0.05) is 24.6 Å². The SMILES string of the molecule is CCC(C#N)S(=O)c1ccc(C)cc1. The van der Waals surface area contributed by atoms with Gasteiger partial charge in [0.15, 0.2) is 0 Å². The Labute approximate surface area is 87.0 Å². The number of hydrogen-bond donors (Lipinski definition) is 0. The van der Waals surface area contributed by atoms with E-state index in [0.29, 0.717) is 6.42 Å². The number of aryl methyl sites for hydroxylation is 1. The van der Waals surface area contributed by atoms with Crippen molar-refractivity contribution in [1.29, 1.82) is 5.26 Å². The molecule has 3 heteroatoms. The van der Waals surface area contributed by atoms with Crippen LogP contribution in [0.4, 0.5) is 0 Å². The number of rotatable bonds is 3. The molecule has 0 aliphatic rings. The molecule has 0 aliphatic carbocycles. The lowest BCUT2D eigenvalue weighted by molar-refractivity contribution is 0.676. The Morgan fingerprint density at radius 2 is 2.00 bits per heavy atom. The molecule has 0 radical (unpaired) electrons. The Bertz CT molecular complexity index is 364. The summed E-state index contributed by atoms with van der Waals surface area (Å²) in [4.78, 5) is 0.740. The molecule has 1 rings (SSSR count). The Kier molecular flexibility index (Phi) is 3.84. The smallest absolute Gasteiger partial charge is 0.126 e. The summed E-state index contributed by atoms with van der Waals surface area (Å²) in [7, 11) is -1.19. The van der Waals surface area contributed by atoms with E-state index in [0.717, 1.165) is 10.5 Å². The first kappa shape index (κ1) is 10.9. The fraction of sp³-hybridized carbons (Fsp3) is 0.364. The van der Waals surface area contributed by atoms with Crippen LogP contribution in [0.3, 0.4) is 0 Å². The van der Waals surface area contributed by atoms with Crippen LogP contribution in [0.15, 0.2) is 29.2 Å². The molecule has 2 unspecified atom stereocenters. The Hall–Kier alpha value is -1.14. The quantitative estimate of drug-likeness (QED) is 0.763. The Morgan fingerprint density at radius 3 is 2.43 bits per heavy atom. The predicted molar refractivity (Wildman–Crippen MR) is 57.3 cm³/mol. The zero-order valence-electron chi connectivity index (χ0n) is 8.36. The van der Waals surface area contributed by atoms with Crippen LogP contribution in [0.2, 0.25) is 0 Å². The minimum atomic E-state index is -1.19. The van der Waals surface area contributed by atoms with Crippen molar-refractivity contribution in [2.75, 3.05) is 0 Å². The average molecular weight is 207 g/mol. The first-order valence-corrected chi connectivity index (χ1v) is 5.77. The molecule has 0 N–H and O–H groups in total. The highest BCUT2D eigenvalue weighted by molar-refractivity contribution is 7.86. The van der Waals surface area contributed by atoms with Crippen LogP contribution < -0.4 is 0 Å². The zero-order valence-corrected chi connectivity index (χ0v) is 9.17. The third kappa shape index (κ3) is 2.43. The van der Waals surface area contributed by atoms with Gasteiger partial charge in [0.1, 0.15) is 5.25 Å². The normalized spacial score (nSPS) is 14.4. The molecule has 14 heavy (non-hydrogen) atoms. The van der Waals surface area contributed by atoms with Gasteiger partial charge in [-0.3, -0.25) is 4.21 Å². The van der Waals surface area contributed by atoms with Crippen molar-refractivity contribution in [3.05, 3.63) is 29.8 Å². The molecule has 2 nitrogen and oxygen atoms in total. The van der Waals surface area contributed by atoms with Gasteiger partial charge in [-0.2, -0.15) is 5.26 Å². The highest BCUT2D eigenvalue weighted by atomic mass is 32.2. The molecule has 1 aromatic carbocycles. The van der Waals surface area contributed by atoms with Gasteiger partial charge >= 0.3 is 0 Å². The van der Waals surface area contributed by atoms with E-state index in [1.807, 2.05) is 38.1 Å². The van der Waals surface area contributed by atoms with E-state index in [1.165, 1.54) is 0 Å². The highest BCUT2D eigenvalue weighted by Gasteiger charge is 2.14. The second-order valence-corrected chi connectivity index (χ2v) is 4.77. The van der Waals surface area contributed by atoms with Crippen molar-refractivity contribution >= 4 is 10.8 Å². The summed E-state index contributed by atoms with van der Waals surface area (Å²) >= 11 is 0. The van der Waals surface area contributed by atoms with Gasteiger partial charge in [-0.15, -0.1) is 0 Å². The number of nitriles is 1. The molecule has 0 aromatic heterocycles. The lowest BCUT2D eigenvalue weighted by Crippen LogP contribution is -2.11. The van der Waals surface area contributed by atoms with Crippen LogP contribution in [-0.2, 0) is 10.8 Å². The van der Waals surface area contributed by atoms with Crippen LogP contribution in [-0.4, -0.2) is 9.46 Å². The topological polar surface area (TPSA) is 40.9 Å². The Morgan fingerprint density at radius 1 is 1.43 bits per heavy atom. The standard InChI is InChI=1S/C11H13NOS/c1-3-10(8-12)14(13)11-6-4-9(2)5-7-11/h4-7,10H,3H2,1-2H3. The molecule has 1 aromatic rings. The third-order valence-electron chi connectivity index (χ3n) is 2.03. The molecule has 0 amide bonds. The summed E-state index contributed by atoms with van der Waals surface area (Å²) < 4.78 is 11.8. The monoisotopic (exact) mass is 207 g/mol. The summed E-state index contributed by atoms with van der Waals surface area (Å²) in [6.45, 7) is 3.86. The van der Waals surface area contributed by atoms with E-state index < -0.39 is 16.0 Å². The molecular weight excluding hydrogens is 194 g/mol. The van der Waals surface area contributed by atoms with Crippen LogP contribution in [0.1, 0.15) is 18.9 Å². The fourth-order valence-electron chi connectivity index (χ4n) is 1.13. The maximum Gasteiger partial charge on any atom is 0.126 e. The lowest BCUT2D eigenvalue weighted by Gasteiger charge is -2.06. The van der Waals surface area contributed by atoms with Gasteiger partial charge in [0.25, 0.3) is 0 Å². The van der Waals surface area contributed by atoms with Crippen molar-refractivity contribution < 1.29 is 4.21 Å².